The molecular formula is C13H13BrN2O2S2. The van der Waals surface area contributed by atoms with Crippen molar-refractivity contribution in [1.29, 1.82) is 0 Å². The van der Waals surface area contributed by atoms with Crippen LogP contribution in [-0.2, 0) is 10.0 Å². The summed E-state index contributed by atoms with van der Waals surface area (Å²) in [5.41, 5.74) is 5.88. The molecule has 20 heavy (non-hydrogen) atoms. The first-order valence-corrected chi connectivity index (χ1v) is 8.54. The van der Waals surface area contributed by atoms with Crippen LogP contribution in [0.3, 0.4) is 0 Å². The molecule has 1 unspecified atom stereocenters. The lowest BCUT2D eigenvalue weighted by Crippen LogP contribution is -2.35. The second-order valence-electron chi connectivity index (χ2n) is 4.40. The summed E-state index contributed by atoms with van der Waals surface area (Å²) in [6.07, 6.45) is 0. The molecule has 0 amide bonds. The molecule has 3 N–H and O–H groups in total. The van der Waals surface area contributed by atoms with E-state index in [0.29, 0.717) is 5.69 Å². The number of halogens is 1. The molecule has 106 valence electrons. The van der Waals surface area contributed by atoms with Crippen molar-refractivity contribution in [3.63, 3.8) is 0 Å². The zero-order valence-corrected chi connectivity index (χ0v) is 13.8. The summed E-state index contributed by atoms with van der Waals surface area (Å²) in [5.74, 6) is 0. The van der Waals surface area contributed by atoms with E-state index in [1.54, 1.807) is 12.1 Å². The lowest BCUT2D eigenvalue weighted by Gasteiger charge is -2.14. The number of thiocarbonyl (C=S) groups is 1. The molecule has 0 saturated heterocycles. The molecule has 1 atom stereocenters. The Bertz CT molecular complexity index is 775. The Morgan fingerprint density at radius 3 is 2.50 bits per heavy atom. The summed E-state index contributed by atoms with van der Waals surface area (Å²) in [6, 6.07) is 11.1. The molecule has 0 aromatic heterocycles. The van der Waals surface area contributed by atoms with Gasteiger partial charge in [-0.05, 0) is 42.0 Å². The Morgan fingerprint density at radius 1 is 1.25 bits per heavy atom. The monoisotopic (exact) mass is 372 g/mol. The number of fused-ring (bicyclic) bond motifs is 1. The van der Waals surface area contributed by atoms with Gasteiger partial charge in [-0.2, -0.15) is 0 Å². The number of nitrogens with one attached hydrogen (secondary N) is 1. The number of anilines is 1. The molecular weight excluding hydrogens is 360 g/mol. The molecule has 0 spiro atoms. The predicted molar refractivity (Wildman–Crippen MR) is 90.4 cm³/mol. The number of benzene rings is 2. The van der Waals surface area contributed by atoms with Crippen LogP contribution < -0.4 is 10.5 Å². The minimum atomic E-state index is -3.61. The summed E-state index contributed by atoms with van der Waals surface area (Å²) in [7, 11) is -3.61. The van der Waals surface area contributed by atoms with Crippen molar-refractivity contribution >= 4 is 59.6 Å². The third kappa shape index (κ3) is 3.28. The third-order valence-electron chi connectivity index (χ3n) is 2.93. The summed E-state index contributed by atoms with van der Waals surface area (Å²) < 4.78 is 27.6. The van der Waals surface area contributed by atoms with Crippen LogP contribution in [0.15, 0.2) is 40.9 Å². The first-order chi connectivity index (χ1) is 9.29. The van der Waals surface area contributed by atoms with E-state index in [1.807, 2.05) is 24.3 Å². The molecule has 0 bridgehead atoms. The smallest absolute Gasteiger partial charge is 0.241 e. The van der Waals surface area contributed by atoms with E-state index >= 15 is 0 Å². The Labute approximate surface area is 131 Å². The topological polar surface area (TPSA) is 72.2 Å². The Morgan fingerprint density at radius 2 is 1.85 bits per heavy atom. The highest BCUT2D eigenvalue weighted by Crippen LogP contribution is 2.23. The van der Waals surface area contributed by atoms with Crippen LogP contribution in [0, 0.1) is 0 Å². The van der Waals surface area contributed by atoms with Crippen LogP contribution in [0.2, 0.25) is 0 Å². The van der Waals surface area contributed by atoms with E-state index in [-0.39, 0.29) is 4.99 Å². The SMILES string of the molecule is CC(C(N)=S)S(=O)(=O)Nc1ccc2cc(Br)ccc2c1. The van der Waals surface area contributed by atoms with E-state index in [0.717, 1.165) is 15.2 Å². The van der Waals surface area contributed by atoms with E-state index in [9.17, 15) is 8.42 Å². The molecule has 2 aromatic rings. The number of nitrogens with two attached hydrogens (primary N) is 1. The number of rotatable bonds is 4. The third-order valence-corrected chi connectivity index (χ3v) is 5.63. The van der Waals surface area contributed by atoms with Crippen molar-refractivity contribution in [1.82, 2.24) is 0 Å². The zero-order chi connectivity index (χ0) is 14.9. The lowest BCUT2D eigenvalue weighted by atomic mass is 10.1. The van der Waals surface area contributed by atoms with Crippen molar-refractivity contribution in [2.45, 2.75) is 12.2 Å². The van der Waals surface area contributed by atoms with Gasteiger partial charge in [0.2, 0.25) is 10.0 Å². The van der Waals surface area contributed by atoms with Crippen LogP contribution in [-0.4, -0.2) is 18.7 Å². The minimum Gasteiger partial charge on any atom is -0.392 e. The van der Waals surface area contributed by atoms with Gasteiger partial charge in [0.25, 0.3) is 0 Å². The molecule has 0 aliphatic carbocycles. The normalized spacial score (nSPS) is 13.1. The average Bonchev–Trinajstić information content (AvgIpc) is 2.37. The maximum absolute atomic E-state index is 12.0. The van der Waals surface area contributed by atoms with Crippen LogP contribution >= 0.6 is 28.1 Å². The summed E-state index contributed by atoms with van der Waals surface area (Å²) in [6.45, 7) is 1.46. The van der Waals surface area contributed by atoms with Gasteiger partial charge in [0, 0.05) is 10.2 Å². The van der Waals surface area contributed by atoms with E-state index < -0.39 is 15.3 Å². The molecule has 2 aromatic carbocycles. The van der Waals surface area contributed by atoms with Crippen molar-refractivity contribution in [2.75, 3.05) is 4.72 Å². The predicted octanol–water partition coefficient (Wildman–Crippen LogP) is 3.02. The molecule has 0 aliphatic heterocycles. The second-order valence-corrected chi connectivity index (χ2v) is 7.79. The fraction of sp³-hybridized carbons (Fsp3) is 0.154. The number of sulfonamides is 1. The van der Waals surface area contributed by atoms with Crippen LogP contribution in [0.1, 0.15) is 6.92 Å². The van der Waals surface area contributed by atoms with E-state index in [4.69, 9.17) is 18.0 Å². The minimum absolute atomic E-state index is 0.0535. The van der Waals surface area contributed by atoms with Gasteiger partial charge in [-0.15, -0.1) is 0 Å². The summed E-state index contributed by atoms with van der Waals surface area (Å²) >= 11 is 8.12. The fourth-order valence-electron chi connectivity index (χ4n) is 1.69. The molecule has 7 heteroatoms. The Kier molecular flexibility index (Phi) is 4.31. The highest BCUT2D eigenvalue weighted by atomic mass is 79.9. The highest BCUT2D eigenvalue weighted by Gasteiger charge is 2.23. The fourth-order valence-corrected chi connectivity index (χ4v) is 3.38. The van der Waals surface area contributed by atoms with Gasteiger partial charge in [-0.1, -0.05) is 40.3 Å². The Balaban J connectivity index is 2.35. The number of hydrogen-bond acceptors (Lipinski definition) is 3. The van der Waals surface area contributed by atoms with Crippen LogP contribution in [0.25, 0.3) is 10.8 Å². The quantitative estimate of drug-likeness (QED) is 0.809. The van der Waals surface area contributed by atoms with Crippen LogP contribution in [0.5, 0.6) is 0 Å². The van der Waals surface area contributed by atoms with E-state index in [2.05, 4.69) is 20.7 Å². The Hall–Kier alpha value is -1.18. The standard InChI is InChI=1S/C13H13BrN2O2S2/c1-8(13(15)19)20(17,18)16-12-5-3-9-6-11(14)4-2-10(9)7-12/h2-8,16H,1H3,(H2,15,19). The molecule has 0 heterocycles. The second kappa shape index (κ2) is 5.67. The van der Waals surface area contributed by atoms with Crippen molar-refractivity contribution in [3.8, 4) is 0 Å². The lowest BCUT2D eigenvalue weighted by molar-refractivity contribution is 0.598. The largest absolute Gasteiger partial charge is 0.392 e. The summed E-state index contributed by atoms with van der Waals surface area (Å²) in [4.78, 5) is -0.0535. The molecule has 4 nitrogen and oxygen atoms in total. The molecule has 0 saturated carbocycles. The average molecular weight is 373 g/mol. The first-order valence-electron chi connectivity index (χ1n) is 5.80. The molecule has 2 rings (SSSR count). The van der Waals surface area contributed by atoms with Crippen LogP contribution in [0.4, 0.5) is 5.69 Å². The summed E-state index contributed by atoms with van der Waals surface area (Å²) in [5, 5.41) is 1.04. The maximum Gasteiger partial charge on any atom is 0.241 e. The molecule has 0 fully saturated rings. The molecule has 0 aliphatic rings. The van der Waals surface area contributed by atoms with Gasteiger partial charge >= 0.3 is 0 Å². The van der Waals surface area contributed by atoms with Crippen molar-refractivity contribution < 1.29 is 8.42 Å². The first kappa shape index (κ1) is 15.2. The van der Waals surface area contributed by atoms with Crippen molar-refractivity contribution in [2.24, 2.45) is 5.73 Å². The van der Waals surface area contributed by atoms with Gasteiger partial charge < -0.3 is 5.73 Å². The molecule has 0 radical (unpaired) electrons. The van der Waals surface area contributed by atoms with Gasteiger partial charge in [-0.25, -0.2) is 8.42 Å². The highest BCUT2D eigenvalue weighted by molar-refractivity contribution is 9.10. The van der Waals surface area contributed by atoms with Gasteiger partial charge in [0.1, 0.15) is 5.25 Å². The number of hydrogen-bond donors (Lipinski definition) is 2. The van der Waals surface area contributed by atoms with Crippen molar-refractivity contribution in [3.05, 3.63) is 40.9 Å². The van der Waals surface area contributed by atoms with Gasteiger partial charge in [0.05, 0.1) is 4.99 Å². The van der Waals surface area contributed by atoms with Gasteiger partial charge in [0.15, 0.2) is 0 Å². The maximum atomic E-state index is 12.0. The van der Waals surface area contributed by atoms with E-state index in [1.165, 1.54) is 6.92 Å². The van der Waals surface area contributed by atoms with Gasteiger partial charge in [-0.3, -0.25) is 4.72 Å². The zero-order valence-electron chi connectivity index (χ0n) is 10.6.